The molecular formula is C10H7F5N4O. The Morgan fingerprint density at radius 1 is 1.25 bits per heavy atom. The molecule has 2 aromatic rings. The Bertz CT molecular complexity index is 610. The number of hydrogen-bond donors (Lipinski definition) is 0. The Kier molecular flexibility index (Phi) is 3.55. The molecule has 0 unspecified atom stereocenters. The second kappa shape index (κ2) is 5.02. The van der Waals surface area contributed by atoms with Gasteiger partial charge in [-0.25, -0.2) is 4.68 Å². The van der Waals surface area contributed by atoms with E-state index in [1.165, 1.54) is 0 Å². The Labute approximate surface area is 109 Å². The molecule has 0 radical (unpaired) electrons. The average Bonchev–Trinajstić information content (AvgIpc) is 2.86. The molecule has 0 bridgehead atoms. The van der Waals surface area contributed by atoms with Gasteiger partial charge in [0.05, 0.1) is 13.3 Å². The van der Waals surface area contributed by atoms with Crippen LogP contribution in [0, 0.1) is 0 Å². The van der Waals surface area contributed by atoms with Gasteiger partial charge in [-0.2, -0.15) is 27.1 Å². The molecule has 20 heavy (non-hydrogen) atoms. The molecule has 0 spiro atoms. The van der Waals surface area contributed by atoms with Gasteiger partial charge in [0.1, 0.15) is 11.4 Å². The molecule has 2 heterocycles. The monoisotopic (exact) mass is 294 g/mol. The largest absolute Gasteiger partial charge is 0.494 e. The lowest BCUT2D eigenvalue weighted by atomic mass is 10.2. The zero-order chi connectivity index (χ0) is 14.9. The van der Waals surface area contributed by atoms with Crippen LogP contribution in [0.1, 0.15) is 12.2 Å². The van der Waals surface area contributed by atoms with Crippen LogP contribution in [0.15, 0.2) is 18.5 Å². The normalized spacial score (nSPS) is 11.9. The Balaban J connectivity index is 2.46. The average molecular weight is 294 g/mol. The molecule has 0 aliphatic rings. The first kappa shape index (κ1) is 14.2. The summed E-state index contributed by atoms with van der Waals surface area (Å²) < 4.78 is 67.3. The maximum Gasteiger partial charge on any atom is 0.435 e. The summed E-state index contributed by atoms with van der Waals surface area (Å²) in [5, 5.41) is 9.73. The van der Waals surface area contributed by atoms with Crippen molar-refractivity contribution in [3.63, 3.8) is 0 Å². The van der Waals surface area contributed by atoms with Gasteiger partial charge in [0.15, 0.2) is 5.69 Å². The van der Waals surface area contributed by atoms with Gasteiger partial charge in [-0.15, -0.1) is 10.2 Å². The van der Waals surface area contributed by atoms with Crippen molar-refractivity contribution in [2.75, 3.05) is 7.11 Å². The molecule has 5 nitrogen and oxygen atoms in total. The molecule has 0 saturated heterocycles. The van der Waals surface area contributed by atoms with Gasteiger partial charge < -0.3 is 4.74 Å². The van der Waals surface area contributed by atoms with Crippen molar-refractivity contribution in [2.45, 2.75) is 12.7 Å². The van der Waals surface area contributed by atoms with Gasteiger partial charge in [-0.3, -0.25) is 0 Å². The van der Waals surface area contributed by atoms with E-state index in [0.29, 0.717) is 10.7 Å². The number of halogens is 5. The van der Waals surface area contributed by atoms with E-state index in [1.54, 1.807) is 0 Å². The van der Waals surface area contributed by atoms with Gasteiger partial charge in [0, 0.05) is 17.8 Å². The fourth-order valence-corrected chi connectivity index (χ4v) is 1.44. The zero-order valence-electron chi connectivity index (χ0n) is 9.90. The number of ether oxygens (including phenoxy) is 1. The summed E-state index contributed by atoms with van der Waals surface area (Å²) in [4.78, 5) is 0. The Morgan fingerprint density at radius 3 is 2.45 bits per heavy atom. The minimum Gasteiger partial charge on any atom is -0.494 e. The smallest absolute Gasteiger partial charge is 0.435 e. The van der Waals surface area contributed by atoms with Crippen molar-refractivity contribution in [2.24, 2.45) is 0 Å². The predicted molar refractivity (Wildman–Crippen MR) is 56.1 cm³/mol. The summed E-state index contributed by atoms with van der Waals surface area (Å²) in [6.07, 6.45) is -2.71. The Hall–Kier alpha value is -2.26. The van der Waals surface area contributed by atoms with Gasteiger partial charge in [0.25, 0.3) is 0 Å². The molecule has 10 heteroatoms. The lowest BCUT2D eigenvalue weighted by molar-refractivity contribution is -0.141. The van der Waals surface area contributed by atoms with Crippen molar-refractivity contribution >= 4 is 0 Å². The highest BCUT2D eigenvalue weighted by Gasteiger charge is 2.34. The zero-order valence-corrected chi connectivity index (χ0v) is 9.90. The van der Waals surface area contributed by atoms with Gasteiger partial charge in [0.2, 0.25) is 0 Å². The molecule has 2 aromatic heterocycles. The van der Waals surface area contributed by atoms with Gasteiger partial charge in [-0.05, 0) is 0 Å². The fourth-order valence-electron chi connectivity index (χ4n) is 1.44. The van der Waals surface area contributed by atoms with E-state index >= 15 is 0 Å². The van der Waals surface area contributed by atoms with Crippen LogP contribution in [0.2, 0.25) is 0 Å². The third kappa shape index (κ3) is 2.68. The van der Waals surface area contributed by atoms with E-state index in [-0.39, 0.29) is 17.0 Å². The Morgan fingerprint density at radius 2 is 1.95 bits per heavy atom. The van der Waals surface area contributed by atoms with Crippen LogP contribution in [0.3, 0.4) is 0 Å². The third-order valence-electron chi connectivity index (χ3n) is 2.34. The molecule has 0 aromatic carbocycles. The number of nitrogens with zero attached hydrogens (tertiary/aromatic N) is 4. The maximum absolute atomic E-state index is 12.5. The van der Waals surface area contributed by atoms with Crippen LogP contribution in [-0.4, -0.2) is 27.1 Å². The summed E-state index contributed by atoms with van der Waals surface area (Å²) in [5.74, 6) is -0.235. The number of methoxy groups -OCH3 is 1. The van der Waals surface area contributed by atoms with Crippen molar-refractivity contribution in [1.29, 1.82) is 0 Å². The number of rotatable bonds is 3. The number of hydrogen-bond acceptors (Lipinski definition) is 4. The SMILES string of the molecule is COc1cc(C(F)(F)F)nnc1-c1cnn(C(F)F)c1. The summed E-state index contributed by atoms with van der Waals surface area (Å²) in [6.45, 7) is -2.86. The van der Waals surface area contributed by atoms with Crippen molar-refractivity contribution in [1.82, 2.24) is 20.0 Å². The van der Waals surface area contributed by atoms with E-state index in [0.717, 1.165) is 19.5 Å². The van der Waals surface area contributed by atoms with Gasteiger partial charge in [-0.1, -0.05) is 0 Å². The third-order valence-corrected chi connectivity index (χ3v) is 2.34. The van der Waals surface area contributed by atoms with E-state index in [9.17, 15) is 22.0 Å². The molecule has 0 N–H and O–H groups in total. The number of alkyl halides is 5. The molecular weight excluding hydrogens is 287 g/mol. The molecule has 108 valence electrons. The standard InChI is InChI=1S/C10H7F5N4O/c1-20-6-2-7(10(13,14)15)17-18-8(6)5-3-16-19(4-5)9(11)12/h2-4,9H,1H3. The first-order chi connectivity index (χ1) is 9.32. The second-order valence-electron chi connectivity index (χ2n) is 3.63. The highest BCUT2D eigenvalue weighted by Crippen LogP contribution is 2.33. The topological polar surface area (TPSA) is 52.8 Å². The van der Waals surface area contributed by atoms with Crippen LogP contribution < -0.4 is 4.74 Å². The van der Waals surface area contributed by atoms with Crippen molar-refractivity contribution in [3.8, 4) is 17.0 Å². The van der Waals surface area contributed by atoms with E-state index in [4.69, 9.17) is 4.74 Å². The summed E-state index contributed by atoms with van der Waals surface area (Å²) in [5.41, 5.74) is -1.27. The second-order valence-corrected chi connectivity index (χ2v) is 3.63. The quantitative estimate of drug-likeness (QED) is 0.817. The first-order valence-electron chi connectivity index (χ1n) is 5.14. The summed E-state index contributed by atoms with van der Waals surface area (Å²) in [6, 6.07) is 0.641. The van der Waals surface area contributed by atoms with Crippen LogP contribution in [-0.2, 0) is 6.18 Å². The lowest BCUT2D eigenvalue weighted by Gasteiger charge is -2.09. The molecule has 0 aliphatic heterocycles. The van der Waals surface area contributed by atoms with Crippen LogP contribution in [0.5, 0.6) is 5.75 Å². The lowest BCUT2D eigenvalue weighted by Crippen LogP contribution is -2.10. The molecule has 0 saturated carbocycles. The minimum absolute atomic E-state index is 0.0726. The van der Waals surface area contributed by atoms with Crippen molar-refractivity contribution < 1.29 is 26.7 Å². The maximum atomic E-state index is 12.5. The van der Waals surface area contributed by atoms with Crippen LogP contribution in [0.4, 0.5) is 22.0 Å². The molecule has 2 rings (SSSR count). The summed E-state index contributed by atoms with van der Waals surface area (Å²) in [7, 11) is 1.14. The van der Waals surface area contributed by atoms with Gasteiger partial charge >= 0.3 is 12.7 Å². The molecule has 0 amide bonds. The molecule has 0 atom stereocenters. The van der Waals surface area contributed by atoms with E-state index in [1.807, 2.05) is 0 Å². The highest BCUT2D eigenvalue weighted by molar-refractivity contribution is 5.64. The first-order valence-corrected chi connectivity index (χ1v) is 5.14. The summed E-state index contributed by atoms with van der Waals surface area (Å²) >= 11 is 0. The minimum atomic E-state index is -4.67. The van der Waals surface area contributed by atoms with Crippen molar-refractivity contribution in [3.05, 3.63) is 24.2 Å². The van der Waals surface area contributed by atoms with E-state index in [2.05, 4.69) is 15.3 Å². The van der Waals surface area contributed by atoms with Crippen LogP contribution in [0.25, 0.3) is 11.3 Å². The van der Waals surface area contributed by atoms with Crippen LogP contribution >= 0.6 is 0 Å². The fraction of sp³-hybridized carbons (Fsp3) is 0.300. The molecule has 0 fully saturated rings. The van der Waals surface area contributed by atoms with E-state index < -0.39 is 18.4 Å². The highest BCUT2D eigenvalue weighted by atomic mass is 19.4. The number of aromatic nitrogens is 4. The molecule has 0 aliphatic carbocycles. The predicted octanol–water partition coefficient (Wildman–Crippen LogP) is 2.76.